The van der Waals surface area contributed by atoms with Crippen LogP contribution in [0.1, 0.15) is 41.2 Å². The number of alkyl halides is 2. The molecule has 0 fully saturated rings. The topological polar surface area (TPSA) is 86.0 Å². The fourth-order valence-corrected chi connectivity index (χ4v) is 6.46. The van der Waals surface area contributed by atoms with E-state index in [2.05, 4.69) is 0 Å². The Hall–Kier alpha value is -3.76. The van der Waals surface area contributed by atoms with Crippen molar-refractivity contribution in [1.29, 1.82) is 0 Å². The molecular weight excluding hydrogens is 540 g/mol. The molecule has 0 amide bonds. The Morgan fingerprint density at radius 2 is 1.57 bits per heavy atom. The molecule has 0 saturated carbocycles. The average molecular weight is 570 g/mol. The van der Waals surface area contributed by atoms with E-state index in [0.717, 1.165) is 28.3 Å². The molecular formula is C30H29F2NO6S. The van der Waals surface area contributed by atoms with Crippen LogP contribution in [0.25, 0.3) is 11.0 Å². The number of ether oxygens (including phenoxy) is 2. The minimum atomic E-state index is -3.75. The Kier molecular flexibility index (Phi) is 7.41. The Bertz CT molecular complexity index is 1730. The summed E-state index contributed by atoms with van der Waals surface area (Å²) in [5, 5.41) is 0.183. The molecule has 2 heterocycles. The minimum Gasteiger partial charge on any atom is -0.493 e. The van der Waals surface area contributed by atoms with E-state index in [1.807, 2.05) is 12.1 Å². The lowest BCUT2D eigenvalue weighted by atomic mass is 9.98. The summed E-state index contributed by atoms with van der Waals surface area (Å²) in [6.07, 6.45) is 0.482. The summed E-state index contributed by atoms with van der Waals surface area (Å²) < 4.78 is 73.3. The second kappa shape index (κ2) is 10.7. The van der Waals surface area contributed by atoms with Crippen molar-refractivity contribution in [3.8, 4) is 11.5 Å². The lowest BCUT2D eigenvalue weighted by Gasteiger charge is -2.29. The number of hydrogen-bond donors (Lipinski definition) is 0. The lowest BCUT2D eigenvalue weighted by Crippen LogP contribution is -2.36. The predicted molar refractivity (Wildman–Crippen MR) is 147 cm³/mol. The highest BCUT2D eigenvalue weighted by atomic mass is 32.2. The molecule has 1 aromatic heterocycles. The second-order valence-corrected chi connectivity index (χ2v) is 11.7. The van der Waals surface area contributed by atoms with E-state index >= 15 is 0 Å². The highest BCUT2D eigenvalue weighted by molar-refractivity contribution is 7.89. The molecule has 0 saturated heterocycles. The number of nitrogens with zero attached hydrogens (tertiary/aromatic N) is 1. The Morgan fingerprint density at radius 1 is 0.925 bits per heavy atom. The molecule has 5 rings (SSSR count). The van der Waals surface area contributed by atoms with Gasteiger partial charge in [-0.05, 0) is 71.5 Å². The zero-order valence-electron chi connectivity index (χ0n) is 22.4. The van der Waals surface area contributed by atoms with Crippen molar-refractivity contribution < 1.29 is 31.1 Å². The number of hydrogen-bond acceptors (Lipinski definition) is 6. The number of halogens is 2. The van der Waals surface area contributed by atoms with Crippen molar-refractivity contribution >= 4 is 21.0 Å². The van der Waals surface area contributed by atoms with Crippen LogP contribution < -0.4 is 15.1 Å². The van der Waals surface area contributed by atoms with E-state index in [-0.39, 0.29) is 28.0 Å². The van der Waals surface area contributed by atoms with Gasteiger partial charge in [-0.25, -0.2) is 22.0 Å². The zero-order chi connectivity index (χ0) is 28.7. The Labute approximate surface area is 231 Å². The molecule has 0 aliphatic carbocycles. The molecule has 10 heteroatoms. The maximum absolute atomic E-state index is 14.6. The van der Waals surface area contributed by atoms with Crippen LogP contribution in [0.4, 0.5) is 8.78 Å². The highest BCUT2D eigenvalue weighted by Gasteiger charge is 2.32. The molecule has 0 radical (unpaired) electrons. The molecule has 0 bridgehead atoms. The van der Waals surface area contributed by atoms with Gasteiger partial charge in [0.15, 0.2) is 11.5 Å². The average Bonchev–Trinajstić information content (AvgIpc) is 2.96. The van der Waals surface area contributed by atoms with Crippen LogP contribution in [0.5, 0.6) is 11.5 Å². The number of methoxy groups -OCH3 is 2. The number of benzene rings is 3. The number of sulfonamides is 1. The van der Waals surface area contributed by atoms with E-state index < -0.39 is 28.0 Å². The molecule has 1 aliphatic rings. The van der Waals surface area contributed by atoms with Crippen LogP contribution in [0, 0.1) is 0 Å². The van der Waals surface area contributed by atoms with E-state index in [4.69, 9.17) is 13.9 Å². The Balaban J connectivity index is 1.37. The second-order valence-electron chi connectivity index (χ2n) is 9.75. The van der Waals surface area contributed by atoms with E-state index in [1.54, 1.807) is 43.5 Å². The van der Waals surface area contributed by atoms with Crippen molar-refractivity contribution in [2.24, 2.45) is 0 Å². The van der Waals surface area contributed by atoms with Crippen molar-refractivity contribution in [2.75, 3.05) is 20.8 Å². The van der Waals surface area contributed by atoms with Gasteiger partial charge in [-0.3, -0.25) is 0 Å². The first-order valence-electron chi connectivity index (χ1n) is 12.8. The van der Waals surface area contributed by atoms with E-state index in [1.165, 1.54) is 24.4 Å². The van der Waals surface area contributed by atoms with Gasteiger partial charge < -0.3 is 13.9 Å². The van der Waals surface area contributed by atoms with E-state index in [0.29, 0.717) is 30.9 Å². The van der Waals surface area contributed by atoms with Crippen molar-refractivity contribution in [2.45, 2.75) is 43.5 Å². The summed E-state index contributed by atoms with van der Waals surface area (Å²) in [7, 11) is -0.647. The summed E-state index contributed by atoms with van der Waals surface area (Å²) in [6, 6.07) is 15.9. The van der Waals surface area contributed by atoms with Gasteiger partial charge in [0.2, 0.25) is 10.0 Å². The van der Waals surface area contributed by atoms with Crippen molar-refractivity contribution in [3.63, 3.8) is 0 Å². The molecule has 0 N–H and O–H groups in total. The molecule has 4 aromatic rings. The summed E-state index contributed by atoms with van der Waals surface area (Å²) >= 11 is 0. The van der Waals surface area contributed by atoms with Gasteiger partial charge in [-0.2, -0.15) is 4.31 Å². The fraction of sp³-hybridized carbons (Fsp3) is 0.300. The molecule has 210 valence electrons. The fourth-order valence-electron chi connectivity index (χ4n) is 5.04. The summed E-state index contributed by atoms with van der Waals surface area (Å²) in [5.41, 5.74) is 2.33. The smallest absolute Gasteiger partial charge is 0.336 e. The third kappa shape index (κ3) is 5.21. The maximum atomic E-state index is 14.6. The summed E-state index contributed by atoms with van der Waals surface area (Å²) in [4.78, 5) is 12.0. The van der Waals surface area contributed by atoms with Crippen LogP contribution in [0.2, 0.25) is 0 Å². The normalized spacial score (nSPS) is 14.2. The predicted octanol–water partition coefficient (Wildman–Crippen LogP) is 5.65. The van der Waals surface area contributed by atoms with Crippen LogP contribution in [-0.2, 0) is 35.3 Å². The standard InChI is InChI=1S/C30H29F2NO6S/c1-4-30(31,32)25-17-29(34)39-26-10-7-20(14-24(25)26)13-19-5-8-23(9-6-19)40(35,36)33-12-11-21-15-27(37-2)28(38-3)16-22(21)18-33/h5-10,14-17H,4,11-13,18H2,1-3H3. The molecule has 1 aliphatic heterocycles. The van der Waals surface area contributed by atoms with Gasteiger partial charge in [0.05, 0.1) is 19.1 Å². The Morgan fingerprint density at radius 3 is 2.23 bits per heavy atom. The molecule has 40 heavy (non-hydrogen) atoms. The van der Waals surface area contributed by atoms with Gasteiger partial charge in [-0.15, -0.1) is 0 Å². The quantitative estimate of drug-likeness (QED) is 0.255. The van der Waals surface area contributed by atoms with Crippen LogP contribution in [0.15, 0.2) is 74.8 Å². The van der Waals surface area contributed by atoms with Gasteiger partial charge in [0, 0.05) is 36.5 Å². The van der Waals surface area contributed by atoms with Crippen LogP contribution in [-0.4, -0.2) is 33.5 Å². The third-order valence-electron chi connectivity index (χ3n) is 7.30. The van der Waals surface area contributed by atoms with Gasteiger partial charge in [0.25, 0.3) is 5.92 Å². The van der Waals surface area contributed by atoms with Crippen LogP contribution >= 0.6 is 0 Å². The van der Waals surface area contributed by atoms with E-state index in [9.17, 15) is 22.0 Å². The SMILES string of the molecule is CCC(F)(F)c1cc(=O)oc2ccc(Cc3ccc(S(=O)(=O)N4CCc5cc(OC)c(OC)cc5C4)cc3)cc12. The first-order valence-corrected chi connectivity index (χ1v) is 14.3. The van der Waals surface area contributed by atoms with Gasteiger partial charge in [0.1, 0.15) is 5.58 Å². The molecule has 3 aromatic carbocycles. The van der Waals surface area contributed by atoms with Crippen molar-refractivity contribution in [1.82, 2.24) is 4.31 Å². The minimum absolute atomic E-state index is 0.0972. The number of rotatable bonds is 8. The van der Waals surface area contributed by atoms with Crippen molar-refractivity contribution in [3.05, 3.63) is 98.9 Å². The first-order chi connectivity index (χ1) is 19.0. The third-order valence-corrected chi connectivity index (χ3v) is 9.16. The van der Waals surface area contributed by atoms with Crippen LogP contribution in [0.3, 0.4) is 0 Å². The lowest BCUT2D eigenvalue weighted by molar-refractivity contribution is -0.00714. The highest BCUT2D eigenvalue weighted by Crippen LogP contribution is 2.37. The van der Waals surface area contributed by atoms with Gasteiger partial charge in [-0.1, -0.05) is 25.1 Å². The number of fused-ring (bicyclic) bond motifs is 2. The molecule has 0 spiro atoms. The zero-order valence-corrected chi connectivity index (χ0v) is 23.2. The molecule has 0 atom stereocenters. The summed E-state index contributed by atoms with van der Waals surface area (Å²) in [6.45, 7) is 1.92. The largest absolute Gasteiger partial charge is 0.493 e. The first kappa shape index (κ1) is 27.8. The monoisotopic (exact) mass is 569 g/mol. The maximum Gasteiger partial charge on any atom is 0.336 e. The molecule has 7 nitrogen and oxygen atoms in total. The summed E-state index contributed by atoms with van der Waals surface area (Å²) in [5.74, 6) is -2.01. The molecule has 0 unspecified atom stereocenters. The van der Waals surface area contributed by atoms with Gasteiger partial charge >= 0.3 is 5.63 Å².